The number of rotatable bonds is 0. The maximum Gasteiger partial charge on any atom is 0.0933 e. The number of hydrogen-bond donors (Lipinski definition) is 2. The van der Waals surface area contributed by atoms with Crippen molar-refractivity contribution >= 4 is 0 Å². The highest BCUT2D eigenvalue weighted by Crippen LogP contribution is 2.46. The van der Waals surface area contributed by atoms with Crippen LogP contribution in [-0.4, -0.2) is 21.4 Å². The van der Waals surface area contributed by atoms with Gasteiger partial charge in [-0.3, -0.25) is 0 Å². The lowest BCUT2D eigenvalue weighted by Gasteiger charge is -2.50. The van der Waals surface area contributed by atoms with Crippen molar-refractivity contribution in [2.24, 2.45) is 0 Å². The summed E-state index contributed by atoms with van der Waals surface area (Å²) in [6.45, 7) is 0. The topological polar surface area (TPSA) is 40.5 Å². The Kier molecular flexibility index (Phi) is 1.92. The van der Waals surface area contributed by atoms with Gasteiger partial charge in [-0.2, -0.15) is 0 Å². The summed E-state index contributed by atoms with van der Waals surface area (Å²) >= 11 is 0. The molecule has 2 N–H and O–H groups in total. The van der Waals surface area contributed by atoms with E-state index in [1.807, 2.05) is 0 Å². The van der Waals surface area contributed by atoms with Crippen molar-refractivity contribution in [3.8, 4) is 0 Å². The first-order chi connectivity index (χ1) is 5.66. The van der Waals surface area contributed by atoms with E-state index in [-0.39, 0.29) is 0 Å². The minimum Gasteiger partial charge on any atom is -0.387 e. The smallest absolute Gasteiger partial charge is 0.0933 e. The number of aliphatic hydroxyl groups is 2. The molecule has 0 aromatic heterocycles. The summed E-state index contributed by atoms with van der Waals surface area (Å²) in [5.74, 6) is 0. The van der Waals surface area contributed by atoms with E-state index in [9.17, 15) is 10.2 Å². The van der Waals surface area contributed by atoms with Crippen molar-refractivity contribution in [1.29, 1.82) is 0 Å². The van der Waals surface area contributed by atoms with Crippen LogP contribution in [0.2, 0.25) is 0 Å². The summed E-state index contributed by atoms with van der Waals surface area (Å²) in [5, 5.41) is 20.4. The van der Waals surface area contributed by atoms with Crippen molar-refractivity contribution in [3.05, 3.63) is 0 Å². The first-order valence-electron chi connectivity index (χ1n) is 5.11. The van der Waals surface area contributed by atoms with Crippen LogP contribution in [0.1, 0.15) is 51.4 Å². The second-order valence-electron chi connectivity index (χ2n) is 4.48. The lowest BCUT2D eigenvalue weighted by molar-refractivity contribution is -0.195. The van der Waals surface area contributed by atoms with Gasteiger partial charge >= 0.3 is 0 Å². The van der Waals surface area contributed by atoms with E-state index < -0.39 is 11.2 Å². The van der Waals surface area contributed by atoms with Crippen LogP contribution in [0.25, 0.3) is 0 Å². The molecule has 0 radical (unpaired) electrons. The third kappa shape index (κ3) is 1.09. The first kappa shape index (κ1) is 8.52. The molecule has 0 spiro atoms. The molecule has 12 heavy (non-hydrogen) atoms. The van der Waals surface area contributed by atoms with Crippen LogP contribution in [0, 0.1) is 0 Å². The maximum absolute atomic E-state index is 10.2. The molecular weight excluding hydrogens is 152 g/mol. The fraction of sp³-hybridized carbons (Fsp3) is 1.00. The van der Waals surface area contributed by atoms with Crippen LogP contribution in [0.3, 0.4) is 0 Å². The third-order valence-corrected chi connectivity index (χ3v) is 3.73. The van der Waals surface area contributed by atoms with Gasteiger partial charge in [-0.05, 0) is 25.7 Å². The van der Waals surface area contributed by atoms with E-state index >= 15 is 0 Å². The van der Waals surface area contributed by atoms with Gasteiger partial charge in [0.2, 0.25) is 0 Å². The molecule has 2 nitrogen and oxygen atoms in total. The molecule has 0 aromatic rings. The Morgan fingerprint density at radius 2 is 0.833 bits per heavy atom. The lowest BCUT2D eigenvalue weighted by Crippen LogP contribution is -2.58. The van der Waals surface area contributed by atoms with E-state index in [0.29, 0.717) is 0 Å². The van der Waals surface area contributed by atoms with Gasteiger partial charge in [-0.25, -0.2) is 0 Å². The summed E-state index contributed by atoms with van der Waals surface area (Å²) in [4.78, 5) is 0. The van der Waals surface area contributed by atoms with Crippen LogP contribution in [0.5, 0.6) is 0 Å². The van der Waals surface area contributed by atoms with Crippen molar-refractivity contribution in [2.45, 2.75) is 62.6 Å². The Labute approximate surface area is 73.6 Å². The van der Waals surface area contributed by atoms with Gasteiger partial charge in [0.1, 0.15) is 0 Å². The van der Waals surface area contributed by atoms with Crippen molar-refractivity contribution in [1.82, 2.24) is 0 Å². The molecule has 2 saturated carbocycles. The van der Waals surface area contributed by atoms with Crippen LogP contribution >= 0.6 is 0 Å². The van der Waals surface area contributed by atoms with Crippen LogP contribution in [0.15, 0.2) is 0 Å². The molecule has 0 unspecified atom stereocenters. The van der Waals surface area contributed by atoms with Crippen molar-refractivity contribution < 1.29 is 10.2 Å². The van der Waals surface area contributed by atoms with E-state index in [4.69, 9.17) is 0 Å². The molecule has 0 saturated heterocycles. The predicted molar refractivity (Wildman–Crippen MR) is 46.8 cm³/mol. The van der Waals surface area contributed by atoms with Gasteiger partial charge in [0.15, 0.2) is 0 Å². The zero-order valence-electron chi connectivity index (χ0n) is 7.55. The minimum absolute atomic E-state index is 0.733. The zero-order valence-corrected chi connectivity index (χ0v) is 7.55. The fourth-order valence-corrected chi connectivity index (χ4v) is 2.85. The van der Waals surface area contributed by atoms with Gasteiger partial charge < -0.3 is 10.2 Å². The molecule has 0 atom stereocenters. The molecule has 0 amide bonds. The lowest BCUT2D eigenvalue weighted by atomic mass is 9.64. The van der Waals surface area contributed by atoms with Gasteiger partial charge in [0, 0.05) is 0 Å². The monoisotopic (exact) mass is 170 g/mol. The number of fused-ring (bicyclic) bond motifs is 1. The molecule has 70 valence electrons. The molecule has 2 fully saturated rings. The molecule has 0 aliphatic heterocycles. The molecule has 0 bridgehead atoms. The summed E-state index contributed by atoms with van der Waals surface area (Å²) in [6, 6.07) is 0. The third-order valence-electron chi connectivity index (χ3n) is 3.73. The van der Waals surface area contributed by atoms with Crippen molar-refractivity contribution in [2.75, 3.05) is 0 Å². The standard InChI is InChI=1S/C10H18O2/c11-9-5-1-2-6-10(9,12)8-4-3-7-9/h11-12H,1-8H2. The van der Waals surface area contributed by atoms with E-state index in [1.165, 1.54) is 0 Å². The largest absolute Gasteiger partial charge is 0.387 e. The van der Waals surface area contributed by atoms with E-state index in [1.54, 1.807) is 0 Å². The average molecular weight is 170 g/mol. The normalized spacial score (nSPS) is 48.5. The molecule has 2 aliphatic rings. The Morgan fingerprint density at radius 3 is 1.08 bits per heavy atom. The Balaban J connectivity index is 2.20. The minimum atomic E-state index is -0.733. The molecule has 2 rings (SSSR count). The predicted octanol–water partition coefficient (Wildman–Crippen LogP) is 1.60. The average Bonchev–Trinajstić information content (AvgIpc) is 2.05. The summed E-state index contributed by atoms with van der Waals surface area (Å²) < 4.78 is 0. The Bertz CT molecular complexity index is 145. The molecule has 0 heterocycles. The summed E-state index contributed by atoms with van der Waals surface area (Å²) in [5.41, 5.74) is -1.47. The highest BCUT2D eigenvalue weighted by Gasteiger charge is 2.51. The first-order valence-corrected chi connectivity index (χ1v) is 5.11. The van der Waals surface area contributed by atoms with Crippen LogP contribution in [0.4, 0.5) is 0 Å². The molecular formula is C10H18O2. The van der Waals surface area contributed by atoms with E-state index in [2.05, 4.69) is 0 Å². The SMILES string of the molecule is OC12CCCCC1(O)CCCC2. The Morgan fingerprint density at radius 1 is 0.583 bits per heavy atom. The molecule has 2 aliphatic carbocycles. The fourth-order valence-electron chi connectivity index (χ4n) is 2.85. The van der Waals surface area contributed by atoms with Gasteiger partial charge in [0.25, 0.3) is 0 Å². The highest BCUT2D eigenvalue weighted by atomic mass is 16.4. The molecule has 2 heteroatoms. The second-order valence-corrected chi connectivity index (χ2v) is 4.48. The molecule has 0 aromatic carbocycles. The summed E-state index contributed by atoms with van der Waals surface area (Å²) in [7, 11) is 0. The van der Waals surface area contributed by atoms with E-state index in [0.717, 1.165) is 51.4 Å². The zero-order chi connectivity index (χ0) is 8.66. The van der Waals surface area contributed by atoms with Crippen molar-refractivity contribution in [3.63, 3.8) is 0 Å². The van der Waals surface area contributed by atoms with Gasteiger partial charge in [-0.1, -0.05) is 25.7 Å². The quantitative estimate of drug-likeness (QED) is 0.579. The maximum atomic E-state index is 10.2. The highest BCUT2D eigenvalue weighted by molar-refractivity contribution is 5.04. The summed E-state index contributed by atoms with van der Waals surface area (Å²) in [6.07, 6.45) is 7.56. The van der Waals surface area contributed by atoms with Crippen LogP contribution in [-0.2, 0) is 0 Å². The number of hydrogen-bond acceptors (Lipinski definition) is 2. The second kappa shape index (κ2) is 2.71. The van der Waals surface area contributed by atoms with Gasteiger partial charge in [0.05, 0.1) is 11.2 Å². The van der Waals surface area contributed by atoms with Crippen LogP contribution < -0.4 is 0 Å². The van der Waals surface area contributed by atoms with Gasteiger partial charge in [-0.15, -0.1) is 0 Å². The Hall–Kier alpha value is -0.0800.